The highest BCUT2D eigenvalue weighted by atomic mass is 19.1. The summed E-state index contributed by atoms with van der Waals surface area (Å²) in [6.45, 7) is 6.00. The van der Waals surface area contributed by atoms with Gasteiger partial charge in [0.1, 0.15) is 17.5 Å². The van der Waals surface area contributed by atoms with Crippen molar-refractivity contribution >= 4 is 0 Å². The smallest absolute Gasteiger partial charge is 0.199 e. The first-order valence-corrected chi connectivity index (χ1v) is 11.0. The number of H-pyrrole nitrogens is 1. The number of fused-ring (bicyclic) bond motifs is 1. The molecule has 0 saturated carbocycles. The van der Waals surface area contributed by atoms with Crippen LogP contribution in [0.2, 0.25) is 0 Å². The summed E-state index contributed by atoms with van der Waals surface area (Å²) in [5.74, 6) is 0.536. The van der Waals surface area contributed by atoms with Crippen molar-refractivity contribution in [3.63, 3.8) is 0 Å². The molecule has 168 valence electrons. The zero-order valence-electron chi connectivity index (χ0n) is 18.6. The summed E-state index contributed by atoms with van der Waals surface area (Å²) in [4.78, 5) is 12.2. The van der Waals surface area contributed by atoms with Crippen LogP contribution in [0.5, 0.6) is 0 Å². The van der Waals surface area contributed by atoms with Crippen LogP contribution in [0.3, 0.4) is 0 Å². The van der Waals surface area contributed by atoms with Gasteiger partial charge in [-0.1, -0.05) is 13.0 Å². The highest BCUT2D eigenvalue weighted by Gasteiger charge is 2.41. The van der Waals surface area contributed by atoms with E-state index in [1.165, 1.54) is 18.2 Å². The maximum atomic E-state index is 14.4. The average molecular weight is 447 g/mol. The molecule has 0 saturated heterocycles. The molecular weight excluding hydrogens is 424 g/mol. The third-order valence-electron chi connectivity index (χ3n) is 6.52. The fourth-order valence-corrected chi connectivity index (χ4v) is 4.65. The van der Waals surface area contributed by atoms with E-state index in [2.05, 4.69) is 44.2 Å². The summed E-state index contributed by atoms with van der Waals surface area (Å²) in [5, 5.41) is 16.9. The predicted molar refractivity (Wildman–Crippen MR) is 118 cm³/mol. The van der Waals surface area contributed by atoms with Gasteiger partial charge < -0.3 is 4.98 Å². The Morgan fingerprint density at radius 1 is 1.09 bits per heavy atom. The second kappa shape index (κ2) is 8.06. The molecule has 0 aliphatic heterocycles. The van der Waals surface area contributed by atoms with Gasteiger partial charge in [0.15, 0.2) is 11.6 Å². The number of aromatic amines is 1. The first-order chi connectivity index (χ1) is 15.9. The van der Waals surface area contributed by atoms with Crippen LogP contribution < -0.4 is 0 Å². The molecule has 33 heavy (non-hydrogen) atoms. The van der Waals surface area contributed by atoms with Crippen molar-refractivity contribution in [2.75, 3.05) is 0 Å². The number of aromatic nitrogens is 7. The fourth-order valence-electron chi connectivity index (χ4n) is 4.65. The number of aryl methyl sites for hydroxylation is 1. The highest BCUT2D eigenvalue weighted by molar-refractivity contribution is 5.62. The van der Waals surface area contributed by atoms with Crippen LogP contribution in [0, 0.1) is 18.6 Å². The van der Waals surface area contributed by atoms with E-state index in [0.717, 1.165) is 36.2 Å². The van der Waals surface area contributed by atoms with E-state index in [1.807, 2.05) is 13.0 Å². The Morgan fingerprint density at radius 3 is 2.58 bits per heavy atom. The zero-order valence-corrected chi connectivity index (χ0v) is 18.6. The van der Waals surface area contributed by atoms with E-state index in [4.69, 9.17) is 4.98 Å². The molecule has 5 rings (SSSR count). The summed E-state index contributed by atoms with van der Waals surface area (Å²) >= 11 is 0. The van der Waals surface area contributed by atoms with Crippen molar-refractivity contribution in [1.29, 1.82) is 0 Å². The van der Waals surface area contributed by atoms with Gasteiger partial charge in [-0.3, -0.25) is 0 Å². The number of hydrogen-bond donors (Lipinski definition) is 1. The Hall–Kier alpha value is -3.62. The van der Waals surface area contributed by atoms with Gasteiger partial charge >= 0.3 is 0 Å². The van der Waals surface area contributed by atoms with Crippen LogP contribution in [0.1, 0.15) is 61.8 Å². The molecule has 0 spiro atoms. The van der Waals surface area contributed by atoms with Gasteiger partial charge in [0.25, 0.3) is 0 Å². The standard InChI is InChI=1S/C24H23F2N7/c1-4-14-8-10-24(3,19-9-11-27-22(29-19)23-28-13(2)30-33-23)21-15(14)12-18(31-32-21)20-16(25)6-5-7-17(20)26/h5-7,9,11-12,14H,4,8,10H2,1-3H3,(H,28,30,33)/t14-,24+/m1/s1. The van der Waals surface area contributed by atoms with Crippen molar-refractivity contribution in [3.8, 4) is 22.9 Å². The van der Waals surface area contributed by atoms with Crippen LogP contribution >= 0.6 is 0 Å². The van der Waals surface area contributed by atoms with E-state index in [1.54, 1.807) is 12.3 Å². The Labute approximate surface area is 189 Å². The molecule has 0 unspecified atom stereocenters. The average Bonchev–Trinajstić information content (AvgIpc) is 3.26. The molecule has 0 radical (unpaired) electrons. The third-order valence-corrected chi connectivity index (χ3v) is 6.52. The topological polar surface area (TPSA) is 93.1 Å². The molecule has 1 aliphatic carbocycles. The minimum Gasteiger partial charge on any atom is -0.322 e. The Balaban J connectivity index is 1.64. The van der Waals surface area contributed by atoms with Gasteiger partial charge in [-0.25, -0.2) is 18.7 Å². The summed E-state index contributed by atoms with van der Waals surface area (Å²) in [6.07, 6.45) is 4.29. The van der Waals surface area contributed by atoms with Gasteiger partial charge in [0, 0.05) is 6.20 Å². The van der Waals surface area contributed by atoms with Crippen LogP contribution in [-0.2, 0) is 5.41 Å². The first-order valence-electron chi connectivity index (χ1n) is 11.0. The summed E-state index contributed by atoms with van der Waals surface area (Å²) < 4.78 is 28.9. The van der Waals surface area contributed by atoms with E-state index in [-0.39, 0.29) is 17.2 Å². The van der Waals surface area contributed by atoms with Gasteiger partial charge in [-0.05, 0) is 68.9 Å². The molecular formula is C24H23F2N7. The molecule has 1 aromatic carbocycles. The van der Waals surface area contributed by atoms with Crippen molar-refractivity contribution in [3.05, 3.63) is 70.9 Å². The molecule has 2 atom stereocenters. The second-order valence-electron chi connectivity index (χ2n) is 8.63. The number of benzene rings is 1. The lowest BCUT2D eigenvalue weighted by molar-refractivity contribution is 0.389. The number of nitrogens with one attached hydrogen (secondary N) is 1. The summed E-state index contributed by atoms with van der Waals surface area (Å²) in [7, 11) is 0. The van der Waals surface area contributed by atoms with Crippen molar-refractivity contribution in [2.24, 2.45) is 0 Å². The molecule has 0 amide bonds. The van der Waals surface area contributed by atoms with E-state index in [9.17, 15) is 8.78 Å². The summed E-state index contributed by atoms with van der Waals surface area (Å²) in [5.41, 5.74) is 2.03. The monoisotopic (exact) mass is 447 g/mol. The Kier molecular flexibility index (Phi) is 5.19. The molecule has 1 N–H and O–H groups in total. The quantitative estimate of drug-likeness (QED) is 0.478. The predicted octanol–water partition coefficient (Wildman–Crippen LogP) is 4.90. The minimum absolute atomic E-state index is 0.153. The highest BCUT2D eigenvalue weighted by Crippen LogP contribution is 2.47. The maximum absolute atomic E-state index is 14.4. The summed E-state index contributed by atoms with van der Waals surface area (Å²) in [6, 6.07) is 7.46. The number of hydrogen-bond acceptors (Lipinski definition) is 6. The Bertz CT molecular complexity index is 1320. The zero-order chi connectivity index (χ0) is 23.2. The van der Waals surface area contributed by atoms with Crippen LogP contribution in [0.15, 0.2) is 36.5 Å². The maximum Gasteiger partial charge on any atom is 0.199 e. The normalized spacial score (nSPS) is 20.0. The fraction of sp³-hybridized carbons (Fsp3) is 0.333. The molecule has 3 heterocycles. The molecule has 0 fully saturated rings. The lowest BCUT2D eigenvalue weighted by Crippen LogP contribution is -2.33. The molecule has 9 heteroatoms. The second-order valence-corrected chi connectivity index (χ2v) is 8.63. The van der Waals surface area contributed by atoms with E-state index >= 15 is 0 Å². The van der Waals surface area contributed by atoms with Crippen molar-refractivity contribution in [1.82, 2.24) is 35.3 Å². The van der Waals surface area contributed by atoms with Crippen LogP contribution in [-0.4, -0.2) is 35.3 Å². The van der Waals surface area contributed by atoms with Crippen molar-refractivity contribution < 1.29 is 8.78 Å². The molecule has 1 aliphatic rings. The van der Waals surface area contributed by atoms with Gasteiger partial charge in [0.2, 0.25) is 0 Å². The van der Waals surface area contributed by atoms with E-state index < -0.39 is 17.0 Å². The molecule has 4 aromatic rings. The first kappa shape index (κ1) is 21.2. The third kappa shape index (κ3) is 3.57. The van der Waals surface area contributed by atoms with E-state index in [0.29, 0.717) is 17.5 Å². The van der Waals surface area contributed by atoms with Gasteiger partial charge in [-0.2, -0.15) is 5.10 Å². The minimum atomic E-state index is -0.654. The SMILES string of the molecule is CC[C@@H]1CC[C@@](C)(c2ccnc(-c3nnc(C)[nH]3)n2)c2nnc(-c3c(F)cccc3F)cc21. The lowest BCUT2D eigenvalue weighted by atomic mass is 9.68. The van der Waals surface area contributed by atoms with Crippen LogP contribution in [0.25, 0.3) is 22.9 Å². The molecule has 0 bridgehead atoms. The molecule has 7 nitrogen and oxygen atoms in total. The van der Waals surface area contributed by atoms with Gasteiger partial charge in [-0.15, -0.1) is 15.3 Å². The lowest BCUT2D eigenvalue weighted by Gasteiger charge is -2.37. The number of nitrogens with zero attached hydrogens (tertiary/aromatic N) is 6. The molecule has 3 aromatic heterocycles. The van der Waals surface area contributed by atoms with Crippen LogP contribution in [0.4, 0.5) is 8.78 Å². The largest absolute Gasteiger partial charge is 0.322 e. The number of halogens is 2. The Morgan fingerprint density at radius 2 is 1.88 bits per heavy atom. The van der Waals surface area contributed by atoms with Crippen molar-refractivity contribution in [2.45, 2.75) is 51.4 Å². The van der Waals surface area contributed by atoms with Gasteiger partial charge in [0.05, 0.1) is 28.1 Å². The number of rotatable bonds is 4.